The third-order valence-electron chi connectivity index (χ3n) is 4.27. The van der Waals surface area contributed by atoms with Crippen LogP contribution in [0.4, 0.5) is 10.5 Å². The lowest BCUT2D eigenvalue weighted by atomic mass is 10.1. The van der Waals surface area contributed by atoms with Gasteiger partial charge in [-0.05, 0) is 42.8 Å². The number of benzene rings is 2. The minimum atomic E-state index is -0.244. The molecular formula is C19H18N6O. The highest BCUT2D eigenvalue weighted by molar-refractivity contribution is 6.00. The lowest BCUT2D eigenvalue weighted by molar-refractivity contribution is 0.249. The summed E-state index contributed by atoms with van der Waals surface area (Å²) in [5.41, 5.74) is 3.68. The van der Waals surface area contributed by atoms with Crippen LogP contribution in [0.3, 0.4) is 0 Å². The molecule has 0 saturated carbocycles. The second-order valence-electron chi connectivity index (χ2n) is 6.00. The molecule has 0 spiro atoms. The van der Waals surface area contributed by atoms with Crippen molar-refractivity contribution in [1.29, 1.82) is 0 Å². The van der Waals surface area contributed by atoms with Gasteiger partial charge in [-0.2, -0.15) is 5.10 Å². The SMILES string of the molecule is C[C@@H](NC(=O)Nc1cccc2[nH]ccc12)c1ccc(-n2cncn2)cc1. The number of hydrogen-bond acceptors (Lipinski definition) is 3. The molecule has 4 aromatic rings. The maximum absolute atomic E-state index is 12.4. The van der Waals surface area contributed by atoms with Crippen LogP contribution < -0.4 is 10.6 Å². The van der Waals surface area contributed by atoms with Gasteiger partial charge in [0.15, 0.2) is 0 Å². The van der Waals surface area contributed by atoms with E-state index in [2.05, 4.69) is 25.7 Å². The molecule has 0 bridgehead atoms. The molecule has 0 aliphatic carbocycles. The Balaban J connectivity index is 1.43. The average molecular weight is 346 g/mol. The first-order valence-corrected chi connectivity index (χ1v) is 8.29. The van der Waals surface area contributed by atoms with Gasteiger partial charge in [-0.15, -0.1) is 0 Å². The summed E-state index contributed by atoms with van der Waals surface area (Å²) < 4.78 is 1.69. The number of fused-ring (bicyclic) bond motifs is 1. The van der Waals surface area contributed by atoms with Crippen molar-refractivity contribution in [3.8, 4) is 5.69 Å². The average Bonchev–Trinajstić information content (AvgIpc) is 3.34. The molecule has 0 aliphatic rings. The molecule has 3 N–H and O–H groups in total. The van der Waals surface area contributed by atoms with Crippen molar-refractivity contribution in [1.82, 2.24) is 25.1 Å². The first-order chi connectivity index (χ1) is 12.7. The number of anilines is 1. The molecule has 130 valence electrons. The lowest BCUT2D eigenvalue weighted by Gasteiger charge is -2.16. The molecule has 0 fully saturated rings. The number of aromatic nitrogens is 4. The van der Waals surface area contributed by atoms with Gasteiger partial charge in [0.25, 0.3) is 0 Å². The van der Waals surface area contributed by atoms with Gasteiger partial charge in [0.05, 0.1) is 17.4 Å². The quantitative estimate of drug-likeness (QED) is 0.527. The van der Waals surface area contributed by atoms with Crippen molar-refractivity contribution in [2.45, 2.75) is 13.0 Å². The van der Waals surface area contributed by atoms with Crippen molar-refractivity contribution < 1.29 is 4.79 Å². The van der Waals surface area contributed by atoms with Crippen molar-refractivity contribution in [3.63, 3.8) is 0 Å². The fourth-order valence-electron chi connectivity index (χ4n) is 2.89. The summed E-state index contributed by atoms with van der Waals surface area (Å²) in [6.45, 7) is 1.95. The molecule has 0 aliphatic heterocycles. The van der Waals surface area contributed by atoms with E-state index in [1.807, 2.05) is 61.7 Å². The van der Waals surface area contributed by atoms with Crippen LogP contribution in [0, 0.1) is 0 Å². The van der Waals surface area contributed by atoms with Gasteiger partial charge in [-0.1, -0.05) is 18.2 Å². The van der Waals surface area contributed by atoms with E-state index in [0.717, 1.165) is 27.8 Å². The van der Waals surface area contributed by atoms with E-state index in [9.17, 15) is 4.79 Å². The largest absolute Gasteiger partial charge is 0.361 e. The number of carbonyl (C=O) groups is 1. The van der Waals surface area contributed by atoms with Crippen LogP contribution in [0.1, 0.15) is 18.5 Å². The summed E-state index contributed by atoms with van der Waals surface area (Å²) in [6.07, 6.45) is 4.99. The number of rotatable bonds is 4. The Hall–Kier alpha value is -3.61. The van der Waals surface area contributed by atoms with Crippen molar-refractivity contribution in [2.24, 2.45) is 0 Å². The second-order valence-corrected chi connectivity index (χ2v) is 6.00. The predicted molar refractivity (Wildman–Crippen MR) is 100 cm³/mol. The highest BCUT2D eigenvalue weighted by atomic mass is 16.2. The minimum Gasteiger partial charge on any atom is -0.361 e. The molecule has 0 unspecified atom stereocenters. The molecule has 7 heteroatoms. The van der Waals surface area contributed by atoms with Gasteiger partial charge in [-0.25, -0.2) is 14.5 Å². The molecular weight excluding hydrogens is 328 g/mol. The summed E-state index contributed by atoms with van der Waals surface area (Å²) in [4.78, 5) is 19.4. The van der Waals surface area contributed by atoms with E-state index in [1.165, 1.54) is 6.33 Å². The second kappa shape index (κ2) is 6.72. The number of nitrogens with one attached hydrogen (secondary N) is 3. The van der Waals surface area contributed by atoms with E-state index in [4.69, 9.17) is 0 Å². The summed E-state index contributed by atoms with van der Waals surface area (Å²) in [5.74, 6) is 0. The summed E-state index contributed by atoms with van der Waals surface area (Å²) >= 11 is 0. The van der Waals surface area contributed by atoms with Gasteiger partial charge < -0.3 is 15.6 Å². The number of amides is 2. The third kappa shape index (κ3) is 3.14. The number of H-pyrrole nitrogens is 1. The Morgan fingerprint density at radius 3 is 2.77 bits per heavy atom. The Morgan fingerprint density at radius 1 is 1.15 bits per heavy atom. The molecule has 0 radical (unpaired) electrons. The van der Waals surface area contributed by atoms with Crippen LogP contribution in [0.15, 0.2) is 67.4 Å². The first-order valence-electron chi connectivity index (χ1n) is 8.29. The number of hydrogen-bond donors (Lipinski definition) is 3. The number of urea groups is 1. The van der Waals surface area contributed by atoms with Crippen LogP contribution in [-0.2, 0) is 0 Å². The maximum atomic E-state index is 12.4. The topological polar surface area (TPSA) is 87.6 Å². The van der Waals surface area contributed by atoms with Gasteiger partial charge in [-0.3, -0.25) is 0 Å². The van der Waals surface area contributed by atoms with Crippen molar-refractivity contribution in [3.05, 3.63) is 72.9 Å². The number of nitrogens with zero attached hydrogens (tertiary/aromatic N) is 3. The lowest BCUT2D eigenvalue weighted by Crippen LogP contribution is -2.31. The van der Waals surface area contributed by atoms with Crippen molar-refractivity contribution >= 4 is 22.6 Å². The summed E-state index contributed by atoms with van der Waals surface area (Å²) in [6, 6.07) is 15.1. The van der Waals surface area contributed by atoms with Crippen LogP contribution in [0.25, 0.3) is 16.6 Å². The molecule has 2 aromatic carbocycles. The van der Waals surface area contributed by atoms with Gasteiger partial charge >= 0.3 is 6.03 Å². The zero-order chi connectivity index (χ0) is 17.9. The maximum Gasteiger partial charge on any atom is 0.319 e. The summed E-state index contributed by atoms with van der Waals surface area (Å²) in [5, 5.41) is 11.0. The Bertz CT molecular complexity index is 1020. The molecule has 7 nitrogen and oxygen atoms in total. The Labute approximate surface area is 150 Å². The molecule has 2 heterocycles. The Morgan fingerprint density at radius 2 is 2.00 bits per heavy atom. The van der Waals surface area contributed by atoms with Crippen LogP contribution in [0.5, 0.6) is 0 Å². The van der Waals surface area contributed by atoms with Gasteiger partial charge in [0.2, 0.25) is 0 Å². The van der Waals surface area contributed by atoms with Gasteiger partial charge in [0.1, 0.15) is 12.7 Å². The smallest absolute Gasteiger partial charge is 0.319 e. The number of carbonyl (C=O) groups excluding carboxylic acids is 1. The fourth-order valence-corrected chi connectivity index (χ4v) is 2.89. The first kappa shape index (κ1) is 15.9. The highest BCUT2D eigenvalue weighted by Crippen LogP contribution is 2.22. The van der Waals surface area contributed by atoms with E-state index in [1.54, 1.807) is 11.0 Å². The van der Waals surface area contributed by atoms with E-state index >= 15 is 0 Å². The predicted octanol–water partition coefficient (Wildman–Crippen LogP) is 3.63. The monoisotopic (exact) mass is 346 g/mol. The third-order valence-corrected chi connectivity index (χ3v) is 4.27. The van der Waals surface area contributed by atoms with E-state index in [-0.39, 0.29) is 12.1 Å². The Kier molecular flexibility index (Phi) is 4.10. The highest BCUT2D eigenvalue weighted by Gasteiger charge is 2.11. The van der Waals surface area contributed by atoms with E-state index in [0.29, 0.717) is 0 Å². The minimum absolute atomic E-state index is 0.134. The van der Waals surface area contributed by atoms with Crippen LogP contribution in [-0.4, -0.2) is 25.8 Å². The zero-order valence-electron chi connectivity index (χ0n) is 14.2. The zero-order valence-corrected chi connectivity index (χ0v) is 14.2. The van der Waals surface area contributed by atoms with Gasteiger partial charge in [0, 0.05) is 17.1 Å². The van der Waals surface area contributed by atoms with Crippen LogP contribution in [0.2, 0.25) is 0 Å². The van der Waals surface area contributed by atoms with Crippen LogP contribution >= 0.6 is 0 Å². The molecule has 4 rings (SSSR count). The standard InChI is InChI=1S/C19H18N6O/c1-13(14-5-7-15(8-6-14)25-12-20-11-22-25)23-19(26)24-18-4-2-3-17-16(18)9-10-21-17/h2-13,21H,1H3,(H2,23,24,26)/t13-/m1/s1. The molecule has 2 aromatic heterocycles. The molecule has 0 saturated heterocycles. The van der Waals surface area contributed by atoms with Crippen molar-refractivity contribution in [2.75, 3.05) is 5.32 Å². The molecule has 2 amide bonds. The number of aromatic amines is 1. The summed E-state index contributed by atoms with van der Waals surface area (Å²) in [7, 11) is 0. The molecule has 26 heavy (non-hydrogen) atoms. The normalized spacial score (nSPS) is 12.0. The molecule has 1 atom stereocenters. The fraction of sp³-hybridized carbons (Fsp3) is 0.105. The van der Waals surface area contributed by atoms with E-state index < -0.39 is 0 Å².